The summed E-state index contributed by atoms with van der Waals surface area (Å²) in [5.74, 6) is 1.42. The Morgan fingerprint density at radius 2 is 0.789 bits per heavy atom. The Labute approximate surface area is 341 Å². The number of nitrogens with zero attached hydrogens (tertiary/aromatic N) is 8. The van der Waals surface area contributed by atoms with E-state index < -0.39 is 10.1 Å². The summed E-state index contributed by atoms with van der Waals surface area (Å²) in [7, 11) is -4.54. The molecule has 5 heterocycles. The van der Waals surface area contributed by atoms with E-state index >= 15 is 0 Å². The molecule has 57 heavy (non-hydrogen) atoms. The van der Waals surface area contributed by atoms with E-state index in [4.69, 9.17) is 39.9 Å². The SMILES string of the molecule is CC(C)(C)c1ccc2c(c1)-c1nc-2nc2[n-]c(nc3nc(nc4[n-]c(n1)c1ccc(C(C)(C)C)cc41)-c1ccc(S(=O)(=O)O)cc1-3)c1ccc(C(C)(C)C)cc21.[Cu+2]. The summed E-state index contributed by atoms with van der Waals surface area (Å²) in [6, 6.07) is 22.9. The molecular formula is C44H40CuN8O3S. The van der Waals surface area contributed by atoms with E-state index in [0.29, 0.717) is 45.4 Å². The Hall–Kier alpha value is -5.33. The molecule has 0 saturated carbocycles. The van der Waals surface area contributed by atoms with Gasteiger partial charge in [0, 0.05) is 44.8 Å². The standard InChI is InChI=1S/C44H40N8O3S.Cu/c1-42(2,3)22-10-14-26-30(18-22)38-45-34(26)47-39-32-20-24(44(7,8)9)12-16-28(32)36(49-39)51-41-33-21-25(56(53,54)55)13-17-29(33)37(52-41)50-40-31-19-23(43(4,5)6)11-15-27(31)35(46-38)48-40;/h10-21H,1-9H3,(H-2,45,46,47,48,49,50,51,52,53,54,55);/q-2;+2. The molecule has 0 spiro atoms. The second kappa shape index (κ2) is 12.8. The fourth-order valence-corrected chi connectivity index (χ4v) is 7.71. The van der Waals surface area contributed by atoms with Gasteiger partial charge in [0.15, 0.2) is 0 Å². The van der Waals surface area contributed by atoms with Crippen molar-refractivity contribution in [1.82, 2.24) is 39.9 Å². The zero-order chi connectivity index (χ0) is 39.7. The molecule has 1 radical (unpaired) electrons. The molecule has 0 aliphatic carbocycles. The van der Waals surface area contributed by atoms with Crippen LogP contribution in [0.4, 0.5) is 0 Å². The van der Waals surface area contributed by atoms with Gasteiger partial charge >= 0.3 is 17.1 Å². The Morgan fingerprint density at radius 1 is 0.439 bits per heavy atom. The van der Waals surface area contributed by atoms with Crippen LogP contribution in [0, 0.1) is 0 Å². The van der Waals surface area contributed by atoms with Crippen molar-refractivity contribution >= 4 is 54.3 Å². The first-order chi connectivity index (χ1) is 26.2. The van der Waals surface area contributed by atoms with Gasteiger partial charge in [-0.25, -0.2) is 9.97 Å². The minimum absolute atomic E-state index is 0. The van der Waals surface area contributed by atoms with E-state index in [1.807, 2.05) is 18.2 Å². The van der Waals surface area contributed by atoms with E-state index in [9.17, 15) is 13.0 Å². The van der Waals surface area contributed by atoms with Crippen LogP contribution in [0.5, 0.6) is 0 Å². The van der Waals surface area contributed by atoms with Crippen LogP contribution in [0.25, 0.3) is 89.7 Å². The molecule has 3 aromatic heterocycles. The van der Waals surface area contributed by atoms with Crippen LogP contribution in [-0.2, 0) is 43.4 Å². The van der Waals surface area contributed by atoms with Gasteiger partial charge in [-0.1, -0.05) is 105 Å². The molecule has 7 aromatic rings. The predicted octanol–water partition coefficient (Wildman–Crippen LogP) is 9.26. The van der Waals surface area contributed by atoms with Crippen LogP contribution in [0.1, 0.15) is 79.0 Å². The molecular weight excluding hydrogens is 784 g/mol. The first-order valence-corrected chi connectivity index (χ1v) is 19.9. The fourth-order valence-electron chi connectivity index (χ4n) is 7.20. The van der Waals surface area contributed by atoms with Crippen molar-refractivity contribution in [2.75, 3.05) is 0 Å². The molecule has 9 rings (SSSR count). The van der Waals surface area contributed by atoms with E-state index in [2.05, 4.69) is 98.7 Å². The quantitative estimate of drug-likeness (QED) is 0.124. The van der Waals surface area contributed by atoms with Crippen LogP contribution in [0.2, 0.25) is 0 Å². The van der Waals surface area contributed by atoms with Gasteiger partial charge in [-0.3, -0.25) is 4.55 Å². The van der Waals surface area contributed by atoms with E-state index in [1.165, 1.54) is 12.1 Å². The maximum atomic E-state index is 12.3. The molecule has 0 fully saturated rings. The van der Waals surface area contributed by atoms with Crippen molar-refractivity contribution in [1.29, 1.82) is 0 Å². The number of aromatic nitrogens is 8. The normalized spacial score (nSPS) is 13.1. The Morgan fingerprint density at radius 3 is 1.21 bits per heavy atom. The van der Waals surface area contributed by atoms with Crippen LogP contribution in [0.15, 0.2) is 77.7 Å². The monoisotopic (exact) mass is 823 g/mol. The molecule has 0 unspecified atom stereocenters. The Balaban J connectivity index is 0.00000455. The van der Waals surface area contributed by atoms with Crippen molar-refractivity contribution in [2.24, 2.45) is 0 Å². The molecule has 13 heteroatoms. The smallest absolute Gasteiger partial charge is 0.357 e. The van der Waals surface area contributed by atoms with Crippen LogP contribution in [0.3, 0.4) is 0 Å². The first-order valence-electron chi connectivity index (χ1n) is 18.5. The summed E-state index contributed by atoms with van der Waals surface area (Å²) in [6.45, 7) is 19.4. The zero-order valence-electron chi connectivity index (χ0n) is 33.0. The average Bonchev–Trinajstić information content (AvgIpc) is 3.84. The minimum atomic E-state index is -4.54. The van der Waals surface area contributed by atoms with Crippen molar-refractivity contribution in [3.8, 4) is 45.6 Å². The van der Waals surface area contributed by atoms with Gasteiger partial charge in [-0.2, -0.15) is 8.42 Å². The second-order valence-corrected chi connectivity index (χ2v) is 19.1. The van der Waals surface area contributed by atoms with E-state index in [-0.39, 0.29) is 49.9 Å². The molecule has 11 nitrogen and oxygen atoms in total. The fraction of sp³-hybridized carbons (Fsp3) is 0.273. The van der Waals surface area contributed by atoms with Crippen LogP contribution >= 0.6 is 0 Å². The van der Waals surface area contributed by atoms with Crippen molar-refractivity contribution in [3.05, 3.63) is 89.5 Å². The maximum absolute atomic E-state index is 12.3. The molecule has 4 aromatic carbocycles. The molecule has 1 N–H and O–H groups in total. The maximum Gasteiger partial charge on any atom is 2.00 e. The number of hydrogen-bond donors (Lipinski definition) is 1. The zero-order valence-corrected chi connectivity index (χ0v) is 34.7. The van der Waals surface area contributed by atoms with Gasteiger partial charge in [0.1, 0.15) is 0 Å². The van der Waals surface area contributed by atoms with Crippen molar-refractivity contribution < 1.29 is 30.0 Å². The van der Waals surface area contributed by atoms with Gasteiger partial charge in [-0.15, -0.1) is 0 Å². The summed E-state index contributed by atoms with van der Waals surface area (Å²) < 4.78 is 34.7. The number of hydrogen-bond acceptors (Lipinski definition) is 8. The van der Waals surface area contributed by atoms with Gasteiger partial charge in [0.05, 0.1) is 28.2 Å². The third-order valence-electron chi connectivity index (χ3n) is 10.6. The molecule has 0 atom stereocenters. The van der Waals surface area contributed by atoms with E-state index in [1.54, 1.807) is 6.07 Å². The molecule has 0 amide bonds. The van der Waals surface area contributed by atoms with Gasteiger partial charge in [0.25, 0.3) is 10.1 Å². The first kappa shape index (κ1) is 38.5. The molecule has 0 saturated heterocycles. The van der Waals surface area contributed by atoms with Gasteiger partial charge in [-0.05, 0) is 84.8 Å². The predicted molar refractivity (Wildman–Crippen MR) is 220 cm³/mol. The summed E-state index contributed by atoms with van der Waals surface area (Å²) in [4.78, 5) is 40.0. The third kappa shape index (κ3) is 6.62. The second-order valence-electron chi connectivity index (χ2n) is 17.7. The summed E-state index contributed by atoms with van der Waals surface area (Å²) in [6.07, 6.45) is 0. The molecule has 2 aliphatic rings. The minimum Gasteiger partial charge on any atom is -0.357 e. The number of benzene rings is 4. The molecule has 8 bridgehead atoms. The topological polar surface area (TPSA) is 160 Å². The Bertz CT molecular complexity index is 3110. The van der Waals surface area contributed by atoms with Crippen LogP contribution < -0.4 is 9.97 Å². The largest absolute Gasteiger partial charge is 2.00 e. The number of fused-ring (bicyclic) bond motifs is 20. The van der Waals surface area contributed by atoms with Crippen molar-refractivity contribution in [3.63, 3.8) is 0 Å². The summed E-state index contributed by atoms with van der Waals surface area (Å²) in [5, 5.41) is 3.09. The van der Waals surface area contributed by atoms with Crippen molar-refractivity contribution in [2.45, 2.75) is 83.5 Å². The van der Waals surface area contributed by atoms with Gasteiger partial charge in [0.2, 0.25) is 0 Å². The average molecular weight is 824 g/mol. The summed E-state index contributed by atoms with van der Waals surface area (Å²) >= 11 is 0. The van der Waals surface area contributed by atoms with E-state index in [0.717, 1.165) is 49.4 Å². The molecule has 291 valence electrons. The van der Waals surface area contributed by atoms with Crippen LogP contribution in [-0.4, -0.2) is 42.9 Å². The third-order valence-corrected chi connectivity index (χ3v) is 11.4. The molecule has 2 aliphatic heterocycles. The number of rotatable bonds is 1. The summed E-state index contributed by atoms with van der Waals surface area (Å²) in [5.41, 5.74) is 7.05. The van der Waals surface area contributed by atoms with Gasteiger partial charge < -0.3 is 29.9 Å². The Kier molecular flexibility index (Phi) is 8.68.